The molecule has 0 aromatic rings. The smallest absolute Gasteiger partial charge is 0.330 e. The molecule has 0 fully saturated rings. The second-order valence-electron chi connectivity index (χ2n) is 3.78. The minimum absolute atomic E-state index is 0.132. The van der Waals surface area contributed by atoms with Crippen LogP contribution >= 0.6 is 0 Å². The second-order valence-corrected chi connectivity index (χ2v) is 3.78. The molecule has 0 bridgehead atoms. The van der Waals surface area contributed by atoms with Gasteiger partial charge in [0.1, 0.15) is 6.61 Å². The van der Waals surface area contributed by atoms with Crippen LogP contribution in [-0.2, 0) is 28.5 Å². The van der Waals surface area contributed by atoms with E-state index in [0.29, 0.717) is 26.4 Å². The maximum Gasteiger partial charge on any atom is 0.330 e. The Hall–Kier alpha value is -1.66. The van der Waals surface area contributed by atoms with Crippen molar-refractivity contribution in [2.45, 2.75) is 26.4 Å². The van der Waals surface area contributed by atoms with E-state index in [2.05, 4.69) is 17.9 Å². The van der Waals surface area contributed by atoms with Crippen LogP contribution in [0.3, 0.4) is 0 Å². The average Bonchev–Trinajstić information content (AvgIpc) is 2.51. The molecule has 0 saturated carbocycles. The zero-order valence-corrected chi connectivity index (χ0v) is 13.1. The van der Waals surface area contributed by atoms with Crippen LogP contribution in [0.15, 0.2) is 25.3 Å². The summed E-state index contributed by atoms with van der Waals surface area (Å²) < 4.78 is 19.2. The average molecular weight is 302 g/mol. The maximum atomic E-state index is 10.5. The first-order chi connectivity index (χ1) is 10.0. The van der Waals surface area contributed by atoms with Crippen molar-refractivity contribution in [2.24, 2.45) is 0 Å². The Kier molecular flexibility index (Phi) is 16.9. The first-order valence-electron chi connectivity index (χ1n) is 6.70. The lowest BCUT2D eigenvalue weighted by molar-refractivity contribution is -0.139. The lowest BCUT2D eigenvalue weighted by Crippen LogP contribution is -2.11. The molecule has 0 spiro atoms. The van der Waals surface area contributed by atoms with E-state index in [-0.39, 0.29) is 12.1 Å². The van der Waals surface area contributed by atoms with Gasteiger partial charge in [-0.2, -0.15) is 0 Å². The highest BCUT2D eigenvalue weighted by molar-refractivity contribution is 5.81. The van der Waals surface area contributed by atoms with E-state index in [1.165, 1.54) is 0 Å². The minimum Gasteiger partial charge on any atom is -0.462 e. The number of carbonyl (C=O) groups is 2. The van der Waals surface area contributed by atoms with Gasteiger partial charge in [0.25, 0.3) is 0 Å². The number of carbonyl (C=O) groups excluding carboxylic acids is 2. The molecule has 1 unspecified atom stereocenters. The highest BCUT2D eigenvalue weighted by atomic mass is 16.6. The molecule has 0 rings (SSSR count). The van der Waals surface area contributed by atoms with E-state index in [0.717, 1.165) is 18.6 Å². The highest BCUT2D eigenvalue weighted by Gasteiger charge is 2.00. The fraction of sp³-hybridized carbons (Fsp3) is 0.600. The molecule has 122 valence electrons. The molecular formula is C15H26O6. The first-order valence-corrected chi connectivity index (χ1v) is 6.70. The molecule has 6 nitrogen and oxygen atoms in total. The third-order valence-electron chi connectivity index (χ3n) is 2.18. The molecule has 0 aromatic heterocycles. The Bertz CT molecular complexity index is 301. The highest BCUT2D eigenvalue weighted by Crippen LogP contribution is 1.95. The van der Waals surface area contributed by atoms with Gasteiger partial charge in [-0.1, -0.05) is 13.2 Å². The van der Waals surface area contributed by atoms with E-state index in [9.17, 15) is 9.59 Å². The van der Waals surface area contributed by atoms with Crippen LogP contribution in [0.2, 0.25) is 0 Å². The summed E-state index contributed by atoms with van der Waals surface area (Å²) in [5.74, 6) is -0.784. The van der Waals surface area contributed by atoms with Gasteiger partial charge in [0, 0.05) is 32.3 Å². The first kappa shape index (κ1) is 21.6. The molecule has 6 heteroatoms. The summed E-state index contributed by atoms with van der Waals surface area (Å²) in [6, 6.07) is 0. The van der Waals surface area contributed by atoms with Crippen LogP contribution in [0.25, 0.3) is 0 Å². The Morgan fingerprint density at radius 2 is 1.57 bits per heavy atom. The molecule has 0 aliphatic rings. The van der Waals surface area contributed by atoms with Crippen molar-refractivity contribution in [2.75, 3.05) is 33.5 Å². The van der Waals surface area contributed by atoms with Crippen molar-refractivity contribution in [3.8, 4) is 0 Å². The Morgan fingerprint density at radius 1 is 1.05 bits per heavy atom. The number of rotatable bonds is 10. The van der Waals surface area contributed by atoms with Crippen LogP contribution < -0.4 is 0 Å². The predicted molar refractivity (Wildman–Crippen MR) is 79.9 cm³/mol. The van der Waals surface area contributed by atoms with Crippen LogP contribution in [0.4, 0.5) is 0 Å². The second kappa shape index (κ2) is 16.4. The van der Waals surface area contributed by atoms with Crippen molar-refractivity contribution in [1.82, 2.24) is 0 Å². The van der Waals surface area contributed by atoms with Crippen LogP contribution in [-0.4, -0.2) is 51.6 Å². The van der Waals surface area contributed by atoms with Gasteiger partial charge < -0.3 is 18.9 Å². The van der Waals surface area contributed by atoms with Crippen LogP contribution in [0, 0.1) is 0 Å². The molecule has 0 heterocycles. The van der Waals surface area contributed by atoms with Crippen molar-refractivity contribution in [3.63, 3.8) is 0 Å². The maximum absolute atomic E-state index is 10.5. The normalized spacial score (nSPS) is 10.6. The van der Waals surface area contributed by atoms with Crippen molar-refractivity contribution in [3.05, 3.63) is 25.3 Å². The molecule has 0 amide bonds. The zero-order valence-electron chi connectivity index (χ0n) is 13.1. The van der Waals surface area contributed by atoms with Gasteiger partial charge >= 0.3 is 11.9 Å². The summed E-state index contributed by atoms with van der Waals surface area (Å²) in [4.78, 5) is 20.9. The summed E-state index contributed by atoms with van der Waals surface area (Å²) in [5, 5.41) is 0. The van der Waals surface area contributed by atoms with Gasteiger partial charge in [0.15, 0.2) is 0 Å². The van der Waals surface area contributed by atoms with E-state index < -0.39 is 5.97 Å². The van der Waals surface area contributed by atoms with Crippen molar-refractivity contribution < 1.29 is 28.5 Å². The molecule has 0 radical (unpaired) electrons. The summed E-state index contributed by atoms with van der Waals surface area (Å²) in [6.07, 6.45) is 3.13. The molecule has 0 aliphatic carbocycles. The van der Waals surface area contributed by atoms with E-state index >= 15 is 0 Å². The van der Waals surface area contributed by atoms with E-state index in [1.807, 2.05) is 13.8 Å². The molecule has 0 aromatic carbocycles. The Balaban J connectivity index is 0. The fourth-order valence-corrected chi connectivity index (χ4v) is 0.907. The SMILES string of the molecule is C=CC(=O)OCCC(C)OC.C=CC(=O)OCCOCC. The van der Waals surface area contributed by atoms with Crippen LogP contribution in [0.1, 0.15) is 20.3 Å². The number of ether oxygens (including phenoxy) is 4. The van der Waals surface area contributed by atoms with Gasteiger partial charge in [-0.3, -0.25) is 0 Å². The molecule has 0 aliphatic heterocycles. The monoisotopic (exact) mass is 302 g/mol. The molecule has 0 N–H and O–H groups in total. The fourth-order valence-electron chi connectivity index (χ4n) is 0.907. The predicted octanol–water partition coefficient (Wildman–Crippen LogP) is 1.89. The third kappa shape index (κ3) is 18.3. The number of esters is 2. The van der Waals surface area contributed by atoms with E-state index in [4.69, 9.17) is 14.2 Å². The third-order valence-corrected chi connectivity index (χ3v) is 2.18. The molecule has 21 heavy (non-hydrogen) atoms. The number of hydrogen-bond donors (Lipinski definition) is 0. The number of methoxy groups -OCH3 is 1. The molecular weight excluding hydrogens is 276 g/mol. The van der Waals surface area contributed by atoms with Gasteiger partial charge in [-0.05, 0) is 13.8 Å². The minimum atomic E-state index is -0.403. The standard InChI is InChI=1S/C8H14O3.C7H12O3/c1-4-8(9)11-6-5-7(2)10-3;1-3-7(8)10-6-5-9-4-2/h4,7H,1,5-6H2,2-3H3;3H,1,4-6H2,2H3. The zero-order chi connectivity index (χ0) is 16.5. The van der Waals surface area contributed by atoms with Gasteiger partial charge in [-0.25, -0.2) is 9.59 Å². The van der Waals surface area contributed by atoms with Gasteiger partial charge in [-0.15, -0.1) is 0 Å². The lowest BCUT2D eigenvalue weighted by atomic mass is 10.3. The quantitative estimate of drug-likeness (QED) is 0.349. The molecule has 1 atom stereocenters. The topological polar surface area (TPSA) is 71.1 Å². The molecule has 0 saturated heterocycles. The van der Waals surface area contributed by atoms with E-state index in [1.54, 1.807) is 7.11 Å². The lowest BCUT2D eigenvalue weighted by Gasteiger charge is -2.07. The summed E-state index contributed by atoms with van der Waals surface area (Å²) in [6.45, 7) is 12.1. The van der Waals surface area contributed by atoms with Gasteiger partial charge in [0.2, 0.25) is 0 Å². The Morgan fingerprint density at radius 3 is 2.00 bits per heavy atom. The van der Waals surface area contributed by atoms with Gasteiger partial charge in [0.05, 0.1) is 19.3 Å². The summed E-state index contributed by atoms with van der Waals surface area (Å²) in [5.41, 5.74) is 0. The largest absolute Gasteiger partial charge is 0.462 e. The van der Waals surface area contributed by atoms with Crippen molar-refractivity contribution >= 4 is 11.9 Å². The summed E-state index contributed by atoms with van der Waals surface area (Å²) in [7, 11) is 1.62. The Labute approximate surface area is 126 Å². The number of hydrogen-bond acceptors (Lipinski definition) is 6. The van der Waals surface area contributed by atoms with Crippen LogP contribution in [0.5, 0.6) is 0 Å². The van der Waals surface area contributed by atoms with Crippen molar-refractivity contribution in [1.29, 1.82) is 0 Å². The summed E-state index contributed by atoms with van der Waals surface area (Å²) >= 11 is 0.